The van der Waals surface area contributed by atoms with E-state index in [4.69, 9.17) is 10.2 Å². The molecule has 7 heteroatoms. The minimum absolute atomic E-state index is 0.0259. The molecule has 8 aromatic carbocycles. The third-order valence-corrected chi connectivity index (χ3v) is 11.8. The van der Waals surface area contributed by atoms with Crippen molar-refractivity contribution in [3.8, 4) is 17.1 Å². The number of hydrogen-bond donors (Lipinski definition) is 0. The minimum atomic E-state index is 0.0259. The average molecular weight is 758 g/mol. The van der Waals surface area contributed by atoms with E-state index in [1.807, 2.05) is 30.3 Å². The summed E-state index contributed by atoms with van der Waals surface area (Å²) in [4.78, 5) is 15.7. The first-order valence-electron chi connectivity index (χ1n) is 20.0. The molecule has 2 aliphatic rings. The van der Waals surface area contributed by atoms with Gasteiger partial charge in [0.1, 0.15) is 11.0 Å². The van der Waals surface area contributed by atoms with E-state index in [1.54, 1.807) is 17.2 Å². The van der Waals surface area contributed by atoms with Gasteiger partial charge in [-0.3, -0.25) is 0 Å². The molecule has 10 aromatic rings. The van der Waals surface area contributed by atoms with Crippen LogP contribution in [0.3, 0.4) is 0 Å². The molecule has 12 rings (SSSR count). The third kappa shape index (κ3) is 5.43. The van der Waals surface area contributed by atoms with E-state index in [0.717, 1.165) is 50.1 Å². The molecule has 0 radical (unpaired) electrons. The van der Waals surface area contributed by atoms with Gasteiger partial charge >= 0.3 is 0 Å². The Labute approximate surface area is 340 Å². The number of anilines is 4. The Kier molecular flexibility index (Phi) is 7.53. The summed E-state index contributed by atoms with van der Waals surface area (Å²) in [7, 11) is 0. The second-order valence-corrected chi connectivity index (χ2v) is 15.2. The Morgan fingerprint density at radius 1 is 0.508 bits per heavy atom. The minimum Gasteiger partial charge on any atom is -0.333 e. The highest BCUT2D eigenvalue weighted by atomic mass is 15.5. The number of nitrogens with zero attached hydrogens (tertiary/aromatic N) is 7. The lowest BCUT2D eigenvalue weighted by Crippen LogP contribution is -2.31. The van der Waals surface area contributed by atoms with Crippen LogP contribution in [-0.4, -0.2) is 31.0 Å². The van der Waals surface area contributed by atoms with Crippen molar-refractivity contribution in [3.05, 3.63) is 212 Å². The first-order valence-corrected chi connectivity index (χ1v) is 20.0. The molecule has 0 fully saturated rings. The van der Waals surface area contributed by atoms with Crippen LogP contribution in [0.15, 0.2) is 206 Å². The van der Waals surface area contributed by atoms with Gasteiger partial charge in [0.15, 0.2) is 5.82 Å². The summed E-state index contributed by atoms with van der Waals surface area (Å²) in [5.41, 5.74) is 10.6. The Morgan fingerprint density at radius 2 is 1.14 bits per heavy atom. The number of hydrogen-bond acceptors (Lipinski definition) is 6. The normalized spacial score (nSPS) is 15.8. The zero-order chi connectivity index (χ0) is 38.9. The summed E-state index contributed by atoms with van der Waals surface area (Å²) in [6.07, 6.45) is 10.8. The van der Waals surface area contributed by atoms with Crippen LogP contribution in [0, 0.1) is 0 Å². The largest absolute Gasteiger partial charge is 0.333 e. The number of rotatable bonds is 6. The summed E-state index contributed by atoms with van der Waals surface area (Å²) in [6.45, 7) is 0. The van der Waals surface area contributed by atoms with Gasteiger partial charge in [0.05, 0.1) is 17.4 Å². The van der Waals surface area contributed by atoms with E-state index >= 15 is 0 Å². The molecule has 2 unspecified atom stereocenters. The van der Waals surface area contributed by atoms with Crippen molar-refractivity contribution in [1.82, 2.24) is 25.0 Å². The van der Waals surface area contributed by atoms with E-state index in [2.05, 4.69) is 178 Å². The molecule has 59 heavy (non-hydrogen) atoms. The van der Waals surface area contributed by atoms with E-state index in [-0.39, 0.29) is 12.0 Å². The van der Waals surface area contributed by atoms with Crippen molar-refractivity contribution >= 4 is 66.1 Å². The van der Waals surface area contributed by atoms with Crippen LogP contribution >= 0.6 is 0 Å². The van der Waals surface area contributed by atoms with Crippen LogP contribution in [-0.2, 0) is 0 Å². The van der Waals surface area contributed by atoms with Gasteiger partial charge in [0.2, 0.25) is 0 Å². The molecule has 0 N–H and O–H groups in total. The first-order chi connectivity index (χ1) is 29.2. The fourth-order valence-corrected chi connectivity index (χ4v) is 9.20. The number of fused-ring (bicyclic) bond motifs is 10. The molecule has 0 amide bonds. The van der Waals surface area contributed by atoms with Crippen LogP contribution in [0.25, 0.3) is 60.4 Å². The van der Waals surface area contributed by atoms with E-state index in [0.29, 0.717) is 5.82 Å². The van der Waals surface area contributed by atoms with Gasteiger partial charge in [-0.25, -0.2) is 9.97 Å². The molecular formula is C52H35N7. The summed E-state index contributed by atoms with van der Waals surface area (Å²) in [6, 6.07) is 60.2. The monoisotopic (exact) mass is 757 g/mol. The predicted molar refractivity (Wildman–Crippen MR) is 240 cm³/mol. The smallest absolute Gasteiger partial charge is 0.159 e. The highest BCUT2D eigenvalue weighted by Gasteiger charge is 2.41. The molecule has 278 valence electrons. The Morgan fingerprint density at radius 3 is 1.90 bits per heavy atom. The zero-order valence-electron chi connectivity index (χ0n) is 31.8. The molecular weight excluding hydrogens is 723 g/mol. The highest BCUT2D eigenvalue weighted by molar-refractivity contribution is 6.17. The number of benzene rings is 8. The van der Waals surface area contributed by atoms with Crippen molar-refractivity contribution in [1.29, 1.82) is 0 Å². The van der Waals surface area contributed by atoms with Crippen molar-refractivity contribution in [2.45, 2.75) is 12.0 Å². The summed E-state index contributed by atoms with van der Waals surface area (Å²) in [5.74, 6) is 0.857. The van der Waals surface area contributed by atoms with Crippen LogP contribution in [0.5, 0.6) is 0 Å². The first kappa shape index (κ1) is 33.3. The van der Waals surface area contributed by atoms with Gasteiger partial charge in [-0.2, -0.15) is 4.80 Å². The lowest BCUT2D eigenvalue weighted by molar-refractivity contribution is 0.738. The van der Waals surface area contributed by atoms with E-state index in [1.165, 1.54) is 38.5 Å². The van der Waals surface area contributed by atoms with Crippen LogP contribution in [0.2, 0.25) is 0 Å². The SMILES string of the molecule is C1=CC2c3c(c4ccccc4c4ccccc34)N(c3ccccc3)C2C=C1N(c1ccc(-n2nc3ccccc3n2)cc1)c1ccc2cc(-c3ncccn3)ccc2c1. The van der Waals surface area contributed by atoms with Gasteiger partial charge in [-0.1, -0.05) is 103 Å². The Hall–Kier alpha value is -7.90. The maximum atomic E-state index is 4.76. The van der Waals surface area contributed by atoms with Crippen LogP contribution in [0.1, 0.15) is 11.5 Å². The van der Waals surface area contributed by atoms with E-state index in [9.17, 15) is 0 Å². The number of allylic oxidation sites excluding steroid dienone is 1. The molecule has 0 saturated carbocycles. The third-order valence-electron chi connectivity index (χ3n) is 11.8. The fraction of sp³-hybridized carbons (Fsp3) is 0.0385. The number of aromatic nitrogens is 5. The molecule has 2 atom stereocenters. The molecule has 0 spiro atoms. The van der Waals surface area contributed by atoms with Gasteiger partial charge < -0.3 is 9.80 Å². The molecule has 7 nitrogen and oxygen atoms in total. The van der Waals surface area contributed by atoms with Gasteiger partial charge in [0, 0.05) is 52.0 Å². The maximum absolute atomic E-state index is 4.76. The molecule has 3 heterocycles. The predicted octanol–water partition coefficient (Wildman–Crippen LogP) is 12.2. The molecule has 2 aromatic heterocycles. The standard InChI is InChI=1S/C52H35N7/c1-2-11-37(12-3-1)58-49-33-41(27-28-46(49)50-44-15-6-4-13-42(44)43-14-5-7-16-45(43)51(50)58)57(38-23-25-39(26-24-38)59-55-47-17-8-9-18-48(47)56-59)40-22-21-34-31-36(20-19-35(34)32-40)52-53-29-10-30-54-52/h1-33,46,49H. The molecule has 1 aliphatic heterocycles. The summed E-state index contributed by atoms with van der Waals surface area (Å²) >= 11 is 0. The lowest BCUT2D eigenvalue weighted by Gasteiger charge is -2.34. The Balaban J connectivity index is 1.02. The molecule has 0 bridgehead atoms. The molecule has 1 aliphatic carbocycles. The average Bonchev–Trinajstić information content (AvgIpc) is 3.90. The molecule has 0 saturated heterocycles. The second kappa shape index (κ2) is 13.4. The van der Waals surface area contributed by atoms with Gasteiger partial charge in [-0.15, -0.1) is 10.2 Å². The maximum Gasteiger partial charge on any atom is 0.159 e. The van der Waals surface area contributed by atoms with E-state index < -0.39 is 0 Å². The summed E-state index contributed by atoms with van der Waals surface area (Å²) < 4.78 is 0. The lowest BCUT2D eigenvalue weighted by atomic mass is 9.85. The second-order valence-electron chi connectivity index (χ2n) is 15.2. The summed E-state index contributed by atoms with van der Waals surface area (Å²) in [5, 5.41) is 16.9. The fourth-order valence-electron chi connectivity index (χ4n) is 9.20. The van der Waals surface area contributed by atoms with Crippen molar-refractivity contribution in [3.63, 3.8) is 0 Å². The van der Waals surface area contributed by atoms with Crippen molar-refractivity contribution in [2.75, 3.05) is 9.80 Å². The van der Waals surface area contributed by atoms with Crippen molar-refractivity contribution < 1.29 is 0 Å². The quantitative estimate of drug-likeness (QED) is 0.157. The Bertz CT molecular complexity index is 3270. The highest BCUT2D eigenvalue weighted by Crippen LogP contribution is 2.55. The zero-order valence-corrected chi connectivity index (χ0v) is 31.8. The van der Waals surface area contributed by atoms with Gasteiger partial charge in [-0.05, 0) is 117 Å². The van der Waals surface area contributed by atoms with Crippen LogP contribution < -0.4 is 9.80 Å². The number of para-hydroxylation sites is 1. The van der Waals surface area contributed by atoms with Crippen molar-refractivity contribution in [2.24, 2.45) is 0 Å². The topological polar surface area (TPSA) is 63.0 Å². The van der Waals surface area contributed by atoms with Crippen LogP contribution in [0.4, 0.5) is 22.7 Å². The van der Waals surface area contributed by atoms with Gasteiger partial charge in [0.25, 0.3) is 0 Å².